The number of carboxylic acids is 1. The SMILES string of the molecule is O=C(O)c1ccnc(N2CCS(O)(O)CC2)n1. The summed E-state index contributed by atoms with van der Waals surface area (Å²) in [6, 6.07) is 1.32. The molecule has 1 aromatic rings. The molecule has 0 saturated carbocycles. The molecule has 0 aliphatic carbocycles. The van der Waals surface area contributed by atoms with Crippen molar-refractivity contribution in [3.8, 4) is 0 Å². The third-order valence-corrected chi connectivity index (χ3v) is 4.19. The third-order valence-electron chi connectivity index (χ3n) is 2.52. The molecule has 8 heteroatoms. The number of hydrogen-bond acceptors (Lipinski definition) is 6. The van der Waals surface area contributed by atoms with Crippen molar-refractivity contribution < 1.29 is 19.0 Å². The summed E-state index contributed by atoms with van der Waals surface area (Å²) in [6.07, 6.45) is 1.39. The van der Waals surface area contributed by atoms with Gasteiger partial charge in [-0.15, -0.1) is 0 Å². The molecule has 2 rings (SSSR count). The van der Waals surface area contributed by atoms with Gasteiger partial charge in [0.2, 0.25) is 5.95 Å². The molecule has 94 valence electrons. The summed E-state index contributed by atoms with van der Waals surface area (Å²) in [5, 5.41) is 8.81. The quantitative estimate of drug-likeness (QED) is 0.719. The minimum atomic E-state index is -2.46. The Morgan fingerprint density at radius 3 is 2.59 bits per heavy atom. The summed E-state index contributed by atoms with van der Waals surface area (Å²) in [5.41, 5.74) is -0.0628. The molecule has 1 aliphatic heterocycles. The van der Waals surface area contributed by atoms with Crippen LogP contribution in [0.1, 0.15) is 10.5 Å². The van der Waals surface area contributed by atoms with E-state index in [9.17, 15) is 13.9 Å². The molecule has 0 amide bonds. The molecule has 0 aromatic carbocycles. The van der Waals surface area contributed by atoms with E-state index in [0.717, 1.165) is 0 Å². The topological polar surface area (TPSA) is 107 Å². The Hall–Kier alpha value is -1.38. The molecule has 0 spiro atoms. The molecule has 2 heterocycles. The average Bonchev–Trinajstić information content (AvgIpc) is 2.29. The first-order chi connectivity index (χ1) is 7.98. The fourth-order valence-corrected chi connectivity index (χ4v) is 2.78. The molecule has 0 unspecified atom stereocenters. The van der Waals surface area contributed by atoms with E-state index < -0.39 is 16.6 Å². The number of carboxylic acid groups (broad SMARTS) is 1. The molecule has 3 N–H and O–H groups in total. The van der Waals surface area contributed by atoms with Gasteiger partial charge >= 0.3 is 5.97 Å². The summed E-state index contributed by atoms with van der Waals surface area (Å²) in [5.74, 6) is -0.240. The van der Waals surface area contributed by atoms with Gasteiger partial charge in [-0.3, -0.25) is 9.11 Å². The highest BCUT2D eigenvalue weighted by Gasteiger charge is 2.24. The van der Waals surface area contributed by atoms with Crippen LogP contribution in [0.2, 0.25) is 0 Å². The van der Waals surface area contributed by atoms with Gasteiger partial charge in [0.15, 0.2) is 5.69 Å². The van der Waals surface area contributed by atoms with Gasteiger partial charge in [-0.1, -0.05) is 0 Å². The number of nitrogens with zero attached hydrogens (tertiary/aromatic N) is 3. The summed E-state index contributed by atoms with van der Waals surface area (Å²) in [7, 11) is -2.46. The van der Waals surface area contributed by atoms with Crippen molar-refractivity contribution in [2.24, 2.45) is 0 Å². The fourth-order valence-electron chi connectivity index (χ4n) is 1.55. The lowest BCUT2D eigenvalue weighted by atomic mass is 10.4. The van der Waals surface area contributed by atoms with E-state index >= 15 is 0 Å². The predicted octanol–water partition coefficient (Wildman–Crippen LogP) is 0.745. The second kappa shape index (κ2) is 4.47. The van der Waals surface area contributed by atoms with Gasteiger partial charge < -0.3 is 10.0 Å². The van der Waals surface area contributed by atoms with Gasteiger partial charge in [-0.05, 0) is 6.07 Å². The Labute approximate surface area is 99.5 Å². The summed E-state index contributed by atoms with van der Waals surface area (Å²) in [6.45, 7) is 0.844. The molecule has 1 aliphatic rings. The van der Waals surface area contributed by atoms with Crippen LogP contribution in [0.3, 0.4) is 0 Å². The minimum absolute atomic E-state index is 0.0628. The maximum absolute atomic E-state index is 10.8. The standard InChI is InChI=1S/C9H13N3O4S/c13-8(14)7-1-2-10-9(11-7)12-3-5-17(15,16)6-4-12/h1-2,15-16H,3-6H2,(H,13,14). The Morgan fingerprint density at radius 2 is 2.00 bits per heavy atom. The normalized spacial score (nSPS) is 20.9. The molecular weight excluding hydrogens is 246 g/mol. The minimum Gasteiger partial charge on any atom is -0.477 e. The number of aromatic nitrogens is 2. The van der Waals surface area contributed by atoms with Crippen LogP contribution in [0.4, 0.5) is 5.95 Å². The Bertz CT molecular complexity index is 430. The maximum atomic E-state index is 10.8. The lowest BCUT2D eigenvalue weighted by molar-refractivity contribution is 0.0690. The first-order valence-electron chi connectivity index (χ1n) is 5.03. The summed E-state index contributed by atoms with van der Waals surface area (Å²) in [4.78, 5) is 20.4. The van der Waals surface area contributed by atoms with E-state index in [1.807, 2.05) is 0 Å². The van der Waals surface area contributed by atoms with Crippen LogP contribution in [0.25, 0.3) is 0 Å². The van der Waals surface area contributed by atoms with Gasteiger partial charge in [-0.2, -0.15) is 10.6 Å². The molecule has 1 aromatic heterocycles. The van der Waals surface area contributed by atoms with Crippen LogP contribution in [0.15, 0.2) is 12.3 Å². The van der Waals surface area contributed by atoms with Crippen molar-refractivity contribution in [3.63, 3.8) is 0 Å². The Morgan fingerprint density at radius 1 is 1.35 bits per heavy atom. The van der Waals surface area contributed by atoms with Crippen LogP contribution < -0.4 is 4.90 Å². The summed E-state index contributed by atoms with van der Waals surface area (Å²) < 4.78 is 18.9. The molecule has 1 saturated heterocycles. The fraction of sp³-hybridized carbons (Fsp3) is 0.444. The summed E-state index contributed by atoms with van der Waals surface area (Å²) >= 11 is 0. The molecule has 1 fully saturated rings. The number of aromatic carboxylic acids is 1. The van der Waals surface area contributed by atoms with E-state index in [1.54, 1.807) is 4.90 Å². The van der Waals surface area contributed by atoms with E-state index in [-0.39, 0.29) is 17.2 Å². The molecule has 7 nitrogen and oxygen atoms in total. The van der Waals surface area contributed by atoms with Gasteiger partial charge in [0.05, 0.1) is 11.5 Å². The highest BCUT2D eigenvalue weighted by atomic mass is 32.3. The molecule has 0 bridgehead atoms. The first-order valence-corrected chi connectivity index (χ1v) is 6.91. The van der Waals surface area contributed by atoms with E-state index in [1.165, 1.54) is 12.3 Å². The monoisotopic (exact) mass is 259 g/mol. The number of carbonyl (C=O) groups is 1. The maximum Gasteiger partial charge on any atom is 0.354 e. The lowest BCUT2D eigenvalue weighted by Gasteiger charge is -2.40. The zero-order valence-electron chi connectivity index (χ0n) is 8.98. The van der Waals surface area contributed by atoms with Crippen molar-refractivity contribution in [1.82, 2.24) is 9.97 Å². The van der Waals surface area contributed by atoms with Gasteiger partial charge in [-0.25, -0.2) is 14.8 Å². The van der Waals surface area contributed by atoms with Crippen molar-refractivity contribution in [1.29, 1.82) is 0 Å². The van der Waals surface area contributed by atoms with E-state index in [4.69, 9.17) is 5.11 Å². The van der Waals surface area contributed by atoms with Crippen LogP contribution in [-0.2, 0) is 0 Å². The van der Waals surface area contributed by atoms with Crippen LogP contribution in [0.5, 0.6) is 0 Å². The largest absolute Gasteiger partial charge is 0.477 e. The smallest absolute Gasteiger partial charge is 0.354 e. The van der Waals surface area contributed by atoms with Gasteiger partial charge in [0, 0.05) is 19.3 Å². The second-order valence-corrected chi connectivity index (χ2v) is 6.17. The Balaban J connectivity index is 2.13. The zero-order chi connectivity index (χ0) is 12.5. The molecule has 17 heavy (non-hydrogen) atoms. The third kappa shape index (κ3) is 2.84. The van der Waals surface area contributed by atoms with Crippen LogP contribution in [0, 0.1) is 0 Å². The molecule has 0 atom stereocenters. The first kappa shape index (κ1) is 12.1. The van der Waals surface area contributed by atoms with E-state index in [2.05, 4.69) is 9.97 Å². The number of anilines is 1. The molecular formula is C9H13N3O4S. The predicted molar refractivity (Wildman–Crippen MR) is 63.8 cm³/mol. The van der Waals surface area contributed by atoms with Crippen LogP contribution >= 0.6 is 10.6 Å². The highest BCUT2D eigenvalue weighted by molar-refractivity contribution is 8.24. The number of rotatable bonds is 2. The van der Waals surface area contributed by atoms with E-state index in [0.29, 0.717) is 19.0 Å². The Kier molecular flexibility index (Phi) is 3.18. The second-order valence-electron chi connectivity index (χ2n) is 3.74. The van der Waals surface area contributed by atoms with Crippen molar-refractivity contribution in [2.75, 3.05) is 29.5 Å². The van der Waals surface area contributed by atoms with Crippen LogP contribution in [-0.4, -0.2) is 54.7 Å². The lowest BCUT2D eigenvalue weighted by Crippen LogP contribution is -2.39. The van der Waals surface area contributed by atoms with Crippen molar-refractivity contribution in [3.05, 3.63) is 18.0 Å². The highest BCUT2D eigenvalue weighted by Crippen LogP contribution is 2.40. The number of hydrogen-bond donors (Lipinski definition) is 3. The van der Waals surface area contributed by atoms with Gasteiger partial charge in [0.1, 0.15) is 0 Å². The molecule has 0 radical (unpaired) electrons. The van der Waals surface area contributed by atoms with Crippen molar-refractivity contribution in [2.45, 2.75) is 0 Å². The zero-order valence-corrected chi connectivity index (χ0v) is 9.80. The average molecular weight is 259 g/mol. The van der Waals surface area contributed by atoms with Crippen molar-refractivity contribution >= 4 is 22.5 Å². The van der Waals surface area contributed by atoms with Gasteiger partial charge in [0.25, 0.3) is 0 Å².